The summed E-state index contributed by atoms with van der Waals surface area (Å²) < 4.78 is 24.1. The van der Waals surface area contributed by atoms with Crippen LogP contribution in [-0.4, -0.2) is 49.2 Å². The minimum Gasteiger partial charge on any atom is -0.445 e. The second kappa shape index (κ2) is 6.35. The fourth-order valence-electron chi connectivity index (χ4n) is 0.591. The highest BCUT2D eigenvalue weighted by Crippen LogP contribution is 2.26. The maximum Gasteiger partial charge on any atom is 0.409 e. The first-order valence-corrected chi connectivity index (χ1v) is 7.49. The third-order valence-corrected chi connectivity index (χ3v) is 2.80. The first-order valence-electron chi connectivity index (χ1n) is 3.88. The van der Waals surface area contributed by atoms with E-state index in [4.69, 9.17) is 45.5 Å². The summed E-state index contributed by atoms with van der Waals surface area (Å²) in [5.41, 5.74) is 0. The summed E-state index contributed by atoms with van der Waals surface area (Å²) in [6.07, 6.45) is -0.799. The Labute approximate surface area is 113 Å². The molecule has 0 fully saturated rings. The monoisotopic (exact) mass is 331 g/mol. The number of hydrogen-bond donors (Lipinski definition) is 0. The Kier molecular flexibility index (Phi) is 6.50. The van der Waals surface area contributed by atoms with Gasteiger partial charge in [0.2, 0.25) is 12.8 Å². The summed E-state index contributed by atoms with van der Waals surface area (Å²) in [6.45, 7) is -0.529. The average molecular weight is 333 g/mol. The maximum absolute atomic E-state index is 11.2. The summed E-state index contributed by atoms with van der Waals surface area (Å²) in [7, 11) is 2.65. The zero-order valence-corrected chi connectivity index (χ0v) is 12.0. The van der Waals surface area contributed by atoms with Gasteiger partial charge in [-0.3, -0.25) is 0 Å². The summed E-state index contributed by atoms with van der Waals surface area (Å²) in [6, 6.07) is 0. The van der Waals surface area contributed by atoms with E-state index < -0.39 is 25.5 Å². The molecule has 96 valence electrons. The maximum atomic E-state index is 11.2. The van der Waals surface area contributed by atoms with Crippen molar-refractivity contribution in [3.63, 3.8) is 0 Å². The fraction of sp³-hybridized carbons (Fsp3) is 0.833. The lowest BCUT2D eigenvalue weighted by Gasteiger charge is -2.18. The van der Waals surface area contributed by atoms with Gasteiger partial charge in [-0.1, -0.05) is 34.8 Å². The highest BCUT2D eigenvalue weighted by Gasteiger charge is 2.23. The molecule has 0 N–H and O–H groups in total. The largest absolute Gasteiger partial charge is 0.445 e. The van der Waals surface area contributed by atoms with E-state index in [0.29, 0.717) is 0 Å². The smallest absolute Gasteiger partial charge is 0.409 e. The molecular formula is C6H9Cl4NO4S. The van der Waals surface area contributed by atoms with Crippen molar-refractivity contribution in [1.29, 1.82) is 0 Å². The molecule has 16 heavy (non-hydrogen) atoms. The van der Waals surface area contributed by atoms with E-state index in [1.165, 1.54) is 7.05 Å². The van der Waals surface area contributed by atoms with Gasteiger partial charge in [-0.2, -0.15) is 0 Å². The van der Waals surface area contributed by atoms with Crippen molar-refractivity contribution in [3.8, 4) is 0 Å². The molecule has 0 aromatic carbocycles. The van der Waals surface area contributed by atoms with Crippen LogP contribution in [0, 0.1) is 0 Å². The van der Waals surface area contributed by atoms with Crippen LogP contribution in [0.3, 0.4) is 0 Å². The molecule has 0 aliphatic rings. The van der Waals surface area contributed by atoms with Crippen LogP contribution in [0.5, 0.6) is 0 Å². The van der Waals surface area contributed by atoms with Crippen LogP contribution in [0.2, 0.25) is 0 Å². The third kappa shape index (κ3) is 9.59. The predicted octanol–water partition coefficient (Wildman–Crippen LogP) is 1.99. The molecule has 0 saturated carbocycles. The molecule has 10 heteroatoms. The first-order chi connectivity index (χ1) is 7.01. The highest BCUT2D eigenvalue weighted by molar-refractivity contribution is 8.13. The van der Waals surface area contributed by atoms with Gasteiger partial charge < -0.3 is 9.64 Å². The zero-order valence-electron chi connectivity index (χ0n) is 8.12. The third-order valence-electron chi connectivity index (χ3n) is 1.34. The van der Waals surface area contributed by atoms with Gasteiger partial charge in [-0.05, 0) is 0 Å². The van der Waals surface area contributed by atoms with E-state index in [1.807, 2.05) is 0 Å². The lowest BCUT2D eigenvalue weighted by atomic mass is 10.6. The Balaban J connectivity index is 4.01. The molecule has 0 rings (SSSR count). The van der Waals surface area contributed by atoms with Crippen LogP contribution in [0.25, 0.3) is 0 Å². The zero-order chi connectivity index (χ0) is 13.0. The quantitative estimate of drug-likeness (QED) is 0.583. The number of rotatable bonds is 4. The number of ether oxygens (including phenoxy) is 1. The van der Waals surface area contributed by atoms with Crippen molar-refractivity contribution >= 4 is 60.6 Å². The lowest BCUT2D eigenvalue weighted by Crippen LogP contribution is -2.33. The van der Waals surface area contributed by atoms with Gasteiger partial charge in [-0.25, -0.2) is 13.2 Å². The standard InChI is InChI=1S/C6H9Cl4NO4S/c1-11(2-3-16(10,13)14)5(12)15-4-6(7,8)9/h2-4H2,1H3. The number of carbonyl (C=O) groups excluding carboxylic acids is 1. The molecule has 0 aromatic rings. The van der Waals surface area contributed by atoms with Gasteiger partial charge >= 0.3 is 6.09 Å². The Bertz CT molecular complexity index is 339. The lowest BCUT2D eigenvalue weighted by molar-refractivity contribution is 0.115. The first kappa shape index (κ1) is 16.4. The summed E-state index contributed by atoms with van der Waals surface area (Å²) in [5, 5.41) is 0. The Hall–Kier alpha value is 0.380. The topological polar surface area (TPSA) is 63.7 Å². The summed E-state index contributed by atoms with van der Waals surface area (Å²) in [5.74, 6) is -0.381. The van der Waals surface area contributed by atoms with Gasteiger partial charge in [0, 0.05) is 24.3 Å². The molecule has 0 unspecified atom stereocenters. The van der Waals surface area contributed by atoms with Crippen molar-refractivity contribution in [2.24, 2.45) is 0 Å². The van der Waals surface area contributed by atoms with E-state index in [9.17, 15) is 13.2 Å². The molecule has 0 radical (unpaired) electrons. The molecule has 1 amide bonds. The SMILES string of the molecule is CN(CCS(=O)(=O)Cl)C(=O)OCC(Cl)(Cl)Cl. The number of carbonyl (C=O) groups is 1. The molecular weight excluding hydrogens is 324 g/mol. The van der Waals surface area contributed by atoms with Crippen LogP contribution in [0.15, 0.2) is 0 Å². The second-order valence-electron chi connectivity index (χ2n) is 2.83. The van der Waals surface area contributed by atoms with Gasteiger partial charge in [0.25, 0.3) is 0 Å². The second-order valence-corrected chi connectivity index (χ2v) is 8.25. The Morgan fingerprint density at radius 1 is 1.38 bits per heavy atom. The summed E-state index contributed by atoms with van der Waals surface area (Å²) in [4.78, 5) is 12.2. The van der Waals surface area contributed by atoms with Crippen molar-refractivity contribution in [2.75, 3.05) is 26.0 Å². The number of hydrogen-bond acceptors (Lipinski definition) is 4. The molecule has 0 bridgehead atoms. The predicted molar refractivity (Wildman–Crippen MR) is 63.9 cm³/mol. The molecule has 0 aliphatic heterocycles. The van der Waals surface area contributed by atoms with E-state index in [2.05, 4.69) is 4.74 Å². The van der Waals surface area contributed by atoms with Gasteiger partial charge in [0.1, 0.15) is 6.61 Å². The van der Waals surface area contributed by atoms with Gasteiger partial charge in [-0.15, -0.1) is 0 Å². The number of alkyl halides is 3. The van der Waals surface area contributed by atoms with Crippen LogP contribution in [0.4, 0.5) is 4.79 Å². The van der Waals surface area contributed by atoms with Gasteiger partial charge in [0.05, 0.1) is 5.75 Å². The van der Waals surface area contributed by atoms with E-state index in [0.717, 1.165) is 4.90 Å². The molecule has 0 aliphatic carbocycles. The van der Waals surface area contributed by atoms with Crippen LogP contribution < -0.4 is 0 Å². The van der Waals surface area contributed by atoms with Crippen LogP contribution in [-0.2, 0) is 13.8 Å². The molecule has 0 heterocycles. The molecule has 0 saturated heterocycles. The minimum absolute atomic E-state index is 0.107. The van der Waals surface area contributed by atoms with Crippen LogP contribution >= 0.6 is 45.5 Å². The van der Waals surface area contributed by atoms with E-state index in [-0.39, 0.29) is 12.3 Å². The van der Waals surface area contributed by atoms with Crippen molar-refractivity contribution < 1.29 is 17.9 Å². The molecule has 5 nitrogen and oxygen atoms in total. The minimum atomic E-state index is -3.65. The fourth-order valence-corrected chi connectivity index (χ4v) is 1.45. The van der Waals surface area contributed by atoms with Gasteiger partial charge in [0.15, 0.2) is 0 Å². The molecule has 0 atom stereocenters. The molecule has 0 spiro atoms. The van der Waals surface area contributed by atoms with Crippen molar-refractivity contribution in [1.82, 2.24) is 4.90 Å². The highest BCUT2D eigenvalue weighted by atomic mass is 35.7. The normalized spacial score (nSPS) is 12.3. The number of halogens is 4. The molecule has 0 aromatic heterocycles. The van der Waals surface area contributed by atoms with Crippen molar-refractivity contribution in [3.05, 3.63) is 0 Å². The Morgan fingerprint density at radius 2 is 1.88 bits per heavy atom. The van der Waals surface area contributed by atoms with E-state index in [1.54, 1.807) is 0 Å². The number of amides is 1. The number of nitrogens with zero attached hydrogens (tertiary/aromatic N) is 1. The van der Waals surface area contributed by atoms with E-state index >= 15 is 0 Å². The van der Waals surface area contributed by atoms with Crippen molar-refractivity contribution in [2.45, 2.75) is 3.79 Å². The Morgan fingerprint density at radius 3 is 2.25 bits per heavy atom. The average Bonchev–Trinajstić information content (AvgIpc) is 2.07. The van der Waals surface area contributed by atoms with Crippen LogP contribution in [0.1, 0.15) is 0 Å². The summed E-state index contributed by atoms with van der Waals surface area (Å²) >= 11 is 16.0.